The zero-order valence-electron chi connectivity index (χ0n) is 11.3. The Morgan fingerprint density at radius 3 is 2.95 bits per heavy atom. The number of halogens is 1. The van der Waals surface area contributed by atoms with Crippen molar-refractivity contribution in [3.8, 4) is 0 Å². The molecule has 4 nitrogen and oxygen atoms in total. The zero-order valence-corrected chi connectivity index (χ0v) is 11.3. The normalized spacial score (nSPS) is 19.1. The highest BCUT2D eigenvalue weighted by Crippen LogP contribution is 2.18. The highest BCUT2D eigenvalue weighted by molar-refractivity contribution is 5.16. The number of aromatic nitrogens is 2. The first-order chi connectivity index (χ1) is 9.83. The van der Waals surface area contributed by atoms with Crippen molar-refractivity contribution in [1.29, 1.82) is 0 Å². The first-order valence-corrected chi connectivity index (χ1v) is 6.90. The standard InChI is InChI=1S/C15H18FN3O/c16-13-3-1-12(2-4-13)5-7-19-11-18-9-14(19)15-10-17-6-8-20-15/h1-4,9,11,15,17H,5-8,10H2. The minimum atomic E-state index is -0.196. The summed E-state index contributed by atoms with van der Waals surface area (Å²) >= 11 is 0. The molecule has 1 aromatic heterocycles. The predicted octanol–water partition coefficient (Wildman–Crippen LogP) is 1.93. The molecule has 0 spiro atoms. The summed E-state index contributed by atoms with van der Waals surface area (Å²) in [6.45, 7) is 3.27. The Morgan fingerprint density at radius 2 is 2.20 bits per heavy atom. The molecule has 1 atom stereocenters. The van der Waals surface area contributed by atoms with Gasteiger partial charge in [0.2, 0.25) is 0 Å². The molecule has 2 aromatic rings. The van der Waals surface area contributed by atoms with Gasteiger partial charge < -0.3 is 14.6 Å². The van der Waals surface area contributed by atoms with Gasteiger partial charge in [-0.2, -0.15) is 0 Å². The van der Waals surface area contributed by atoms with Crippen LogP contribution in [-0.4, -0.2) is 29.2 Å². The summed E-state index contributed by atoms with van der Waals surface area (Å²) in [7, 11) is 0. The van der Waals surface area contributed by atoms with Gasteiger partial charge in [0.25, 0.3) is 0 Å². The van der Waals surface area contributed by atoms with Crippen molar-refractivity contribution in [2.24, 2.45) is 0 Å². The molecule has 1 N–H and O–H groups in total. The summed E-state index contributed by atoms with van der Waals surface area (Å²) in [5.41, 5.74) is 2.22. The number of morpholine rings is 1. The Morgan fingerprint density at radius 1 is 1.35 bits per heavy atom. The van der Waals surface area contributed by atoms with Gasteiger partial charge in [-0.1, -0.05) is 12.1 Å². The van der Waals surface area contributed by atoms with Crippen molar-refractivity contribution < 1.29 is 9.13 Å². The van der Waals surface area contributed by atoms with E-state index in [-0.39, 0.29) is 11.9 Å². The van der Waals surface area contributed by atoms with Gasteiger partial charge in [0.05, 0.1) is 24.8 Å². The Bertz CT molecular complexity index is 547. The fourth-order valence-corrected chi connectivity index (χ4v) is 2.44. The predicted molar refractivity (Wildman–Crippen MR) is 73.9 cm³/mol. The number of benzene rings is 1. The van der Waals surface area contributed by atoms with Crippen LogP contribution >= 0.6 is 0 Å². The van der Waals surface area contributed by atoms with Crippen molar-refractivity contribution in [2.75, 3.05) is 19.7 Å². The van der Waals surface area contributed by atoms with E-state index in [4.69, 9.17) is 4.74 Å². The number of rotatable bonds is 4. The van der Waals surface area contributed by atoms with E-state index in [1.54, 1.807) is 0 Å². The number of nitrogens with zero attached hydrogens (tertiary/aromatic N) is 2. The van der Waals surface area contributed by atoms with Crippen LogP contribution in [0.15, 0.2) is 36.8 Å². The summed E-state index contributed by atoms with van der Waals surface area (Å²) in [6.07, 6.45) is 4.61. The maximum atomic E-state index is 12.9. The maximum absolute atomic E-state index is 12.9. The van der Waals surface area contributed by atoms with E-state index >= 15 is 0 Å². The lowest BCUT2D eigenvalue weighted by Gasteiger charge is -2.24. The van der Waals surface area contributed by atoms with Crippen molar-refractivity contribution in [1.82, 2.24) is 14.9 Å². The minimum Gasteiger partial charge on any atom is -0.369 e. The monoisotopic (exact) mass is 275 g/mol. The molecule has 106 valence electrons. The van der Waals surface area contributed by atoms with E-state index in [0.717, 1.165) is 43.9 Å². The van der Waals surface area contributed by atoms with Crippen molar-refractivity contribution >= 4 is 0 Å². The van der Waals surface area contributed by atoms with E-state index in [1.165, 1.54) is 12.1 Å². The molecule has 1 aromatic carbocycles. The Labute approximate surface area is 117 Å². The van der Waals surface area contributed by atoms with Gasteiger partial charge in [-0.25, -0.2) is 9.37 Å². The number of nitrogens with one attached hydrogen (secondary N) is 1. The highest BCUT2D eigenvalue weighted by atomic mass is 19.1. The van der Waals surface area contributed by atoms with Crippen molar-refractivity contribution in [2.45, 2.75) is 19.1 Å². The largest absolute Gasteiger partial charge is 0.369 e. The van der Waals surface area contributed by atoms with Crippen LogP contribution in [0.5, 0.6) is 0 Å². The summed E-state index contributed by atoms with van der Waals surface area (Å²) in [6, 6.07) is 6.64. The SMILES string of the molecule is Fc1ccc(CCn2cncc2C2CNCCO2)cc1. The molecule has 0 aliphatic carbocycles. The fraction of sp³-hybridized carbons (Fsp3) is 0.400. The Hall–Kier alpha value is -1.72. The molecule has 3 rings (SSSR count). The van der Waals surface area contributed by atoms with Crippen LogP contribution in [0.25, 0.3) is 0 Å². The molecule has 5 heteroatoms. The van der Waals surface area contributed by atoms with Gasteiger partial charge in [0, 0.05) is 19.6 Å². The lowest BCUT2D eigenvalue weighted by atomic mass is 10.1. The zero-order chi connectivity index (χ0) is 13.8. The van der Waals surface area contributed by atoms with E-state index in [9.17, 15) is 4.39 Å². The highest BCUT2D eigenvalue weighted by Gasteiger charge is 2.19. The van der Waals surface area contributed by atoms with Gasteiger partial charge in [0.15, 0.2) is 0 Å². The van der Waals surface area contributed by atoms with Gasteiger partial charge in [0.1, 0.15) is 11.9 Å². The number of ether oxygens (including phenoxy) is 1. The quantitative estimate of drug-likeness (QED) is 0.926. The number of hydrogen-bond donors (Lipinski definition) is 1. The van der Waals surface area contributed by atoms with Crippen molar-refractivity contribution in [3.63, 3.8) is 0 Å². The van der Waals surface area contributed by atoms with Gasteiger partial charge >= 0.3 is 0 Å². The van der Waals surface area contributed by atoms with E-state index in [1.807, 2.05) is 24.7 Å². The molecule has 20 heavy (non-hydrogen) atoms. The molecular formula is C15H18FN3O. The van der Waals surface area contributed by atoms with Crippen LogP contribution in [-0.2, 0) is 17.7 Å². The molecule has 2 heterocycles. The van der Waals surface area contributed by atoms with Crippen LogP contribution in [0.4, 0.5) is 4.39 Å². The lowest BCUT2D eigenvalue weighted by molar-refractivity contribution is 0.0228. The summed E-state index contributed by atoms with van der Waals surface area (Å²) in [5, 5.41) is 3.32. The third-order valence-corrected chi connectivity index (χ3v) is 3.56. The van der Waals surface area contributed by atoms with E-state index < -0.39 is 0 Å². The molecule has 0 bridgehead atoms. The average Bonchev–Trinajstić information content (AvgIpc) is 2.96. The van der Waals surface area contributed by atoms with Crippen LogP contribution in [0.3, 0.4) is 0 Å². The maximum Gasteiger partial charge on any atom is 0.123 e. The minimum absolute atomic E-state index is 0.0690. The van der Waals surface area contributed by atoms with Crippen LogP contribution in [0, 0.1) is 5.82 Å². The Kier molecular flexibility index (Phi) is 4.08. The molecule has 0 radical (unpaired) electrons. The molecule has 1 saturated heterocycles. The van der Waals surface area contributed by atoms with E-state index in [0.29, 0.717) is 0 Å². The first-order valence-electron chi connectivity index (χ1n) is 6.90. The molecule has 1 fully saturated rings. The summed E-state index contributed by atoms with van der Waals surface area (Å²) in [5.74, 6) is -0.196. The molecule has 1 aliphatic heterocycles. The third kappa shape index (κ3) is 3.05. The number of aryl methyl sites for hydroxylation is 2. The third-order valence-electron chi connectivity index (χ3n) is 3.56. The summed E-state index contributed by atoms with van der Waals surface area (Å²) < 4.78 is 20.7. The lowest BCUT2D eigenvalue weighted by Crippen LogP contribution is -2.34. The molecule has 1 aliphatic rings. The number of hydrogen-bond acceptors (Lipinski definition) is 3. The van der Waals surface area contributed by atoms with Gasteiger partial charge in [-0.15, -0.1) is 0 Å². The topological polar surface area (TPSA) is 39.1 Å². The van der Waals surface area contributed by atoms with Gasteiger partial charge in [-0.3, -0.25) is 0 Å². The average molecular weight is 275 g/mol. The molecular weight excluding hydrogens is 257 g/mol. The first kappa shape index (κ1) is 13.3. The van der Waals surface area contributed by atoms with Crippen LogP contribution in [0.2, 0.25) is 0 Å². The smallest absolute Gasteiger partial charge is 0.123 e. The molecule has 0 amide bonds. The fourth-order valence-electron chi connectivity index (χ4n) is 2.44. The second-order valence-electron chi connectivity index (χ2n) is 4.95. The second-order valence-corrected chi connectivity index (χ2v) is 4.95. The Balaban J connectivity index is 1.65. The van der Waals surface area contributed by atoms with Crippen LogP contribution in [0.1, 0.15) is 17.4 Å². The second kappa shape index (κ2) is 6.15. The molecule has 0 saturated carbocycles. The molecule has 1 unspecified atom stereocenters. The number of imidazole rings is 1. The van der Waals surface area contributed by atoms with Crippen LogP contribution < -0.4 is 5.32 Å². The van der Waals surface area contributed by atoms with Crippen molar-refractivity contribution in [3.05, 3.63) is 53.9 Å². The van der Waals surface area contributed by atoms with E-state index in [2.05, 4.69) is 14.9 Å². The summed E-state index contributed by atoms with van der Waals surface area (Å²) in [4.78, 5) is 4.22. The van der Waals surface area contributed by atoms with Gasteiger partial charge in [-0.05, 0) is 24.1 Å².